The number of nitrogens with zero attached hydrogens (tertiary/aromatic N) is 2. The number of carbonyl (C=O) groups is 1. The molecule has 2 N–H and O–H groups in total. The van der Waals surface area contributed by atoms with Gasteiger partial charge in [-0.3, -0.25) is 14.3 Å². The topological polar surface area (TPSA) is 70.1 Å². The zero-order valence-corrected chi connectivity index (χ0v) is 14.8. The molecular formula is C20H21FN4O2. The third-order valence-electron chi connectivity index (χ3n) is 5.04. The van der Waals surface area contributed by atoms with Crippen LogP contribution in [-0.4, -0.2) is 40.0 Å². The molecule has 0 atom stereocenters. The standard InChI is InChI=1S/C20H21FN4O2/c21-14-5-7-15(8-6-14)22-19(26)13-24-11-9-16(10-12-24)25-18-4-2-1-3-17(18)23-20(25)27/h1-8,16H,9-13H2,(H,22,26)(H,23,27). The van der Waals surface area contributed by atoms with Gasteiger partial charge in [-0.05, 0) is 49.2 Å². The van der Waals surface area contributed by atoms with Crippen LogP contribution in [0.2, 0.25) is 0 Å². The third-order valence-corrected chi connectivity index (χ3v) is 5.04. The summed E-state index contributed by atoms with van der Waals surface area (Å²) in [5.74, 6) is -0.452. The van der Waals surface area contributed by atoms with E-state index >= 15 is 0 Å². The van der Waals surface area contributed by atoms with Crippen LogP contribution in [0.15, 0.2) is 53.3 Å². The van der Waals surface area contributed by atoms with Crippen LogP contribution in [0.5, 0.6) is 0 Å². The molecule has 0 aliphatic carbocycles. The first kappa shape index (κ1) is 17.5. The largest absolute Gasteiger partial charge is 0.326 e. The number of carbonyl (C=O) groups excluding carboxylic acids is 1. The van der Waals surface area contributed by atoms with Crippen LogP contribution in [0.3, 0.4) is 0 Å². The Bertz CT molecular complexity index is 1000. The van der Waals surface area contributed by atoms with Crippen LogP contribution >= 0.6 is 0 Å². The summed E-state index contributed by atoms with van der Waals surface area (Å²) < 4.78 is 14.8. The number of hydrogen-bond donors (Lipinski definition) is 2. The molecule has 1 saturated heterocycles. The molecule has 4 rings (SSSR count). The molecule has 0 spiro atoms. The lowest BCUT2D eigenvalue weighted by Gasteiger charge is -2.32. The number of benzene rings is 2. The zero-order valence-electron chi connectivity index (χ0n) is 14.8. The van der Waals surface area contributed by atoms with E-state index in [2.05, 4.69) is 15.2 Å². The zero-order chi connectivity index (χ0) is 18.8. The number of para-hydroxylation sites is 2. The summed E-state index contributed by atoms with van der Waals surface area (Å²) >= 11 is 0. The number of aromatic nitrogens is 2. The number of likely N-dealkylation sites (tertiary alicyclic amines) is 1. The smallest absolute Gasteiger partial charge is 0.325 e. The Morgan fingerprint density at radius 1 is 1.11 bits per heavy atom. The maximum Gasteiger partial charge on any atom is 0.326 e. The van der Waals surface area contributed by atoms with Crippen molar-refractivity contribution >= 4 is 22.6 Å². The van der Waals surface area contributed by atoms with E-state index in [1.165, 1.54) is 12.1 Å². The van der Waals surface area contributed by atoms with E-state index in [0.717, 1.165) is 37.0 Å². The van der Waals surface area contributed by atoms with Gasteiger partial charge in [0, 0.05) is 24.8 Å². The molecule has 1 aliphatic heterocycles. The van der Waals surface area contributed by atoms with Gasteiger partial charge in [-0.1, -0.05) is 12.1 Å². The summed E-state index contributed by atoms with van der Waals surface area (Å²) in [7, 11) is 0. The highest BCUT2D eigenvalue weighted by Crippen LogP contribution is 2.24. The Kier molecular flexibility index (Phi) is 4.77. The van der Waals surface area contributed by atoms with Gasteiger partial charge in [0.25, 0.3) is 0 Å². The van der Waals surface area contributed by atoms with Crippen molar-refractivity contribution in [3.05, 3.63) is 64.8 Å². The van der Waals surface area contributed by atoms with E-state index in [-0.39, 0.29) is 30.0 Å². The predicted octanol–water partition coefficient (Wildman–Crippen LogP) is 2.74. The second kappa shape index (κ2) is 7.36. The van der Waals surface area contributed by atoms with E-state index in [9.17, 15) is 14.0 Å². The number of halogens is 1. The molecule has 27 heavy (non-hydrogen) atoms. The van der Waals surface area contributed by atoms with Crippen LogP contribution in [0, 0.1) is 5.82 Å². The van der Waals surface area contributed by atoms with Crippen molar-refractivity contribution in [3.8, 4) is 0 Å². The van der Waals surface area contributed by atoms with Crippen molar-refractivity contribution in [2.24, 2.45) is 0 Å². The van der Waals surface area contributed by atoms with Gasteiger partial charge in [0.15, 0.2) is 0 Å². The summed E-state index contributed by atoms with van der Waals surface area (Å²) in [6, 6.07) is 13.6. The Morgan fingerprint density at radius 2 is 1.81 bits per heavy atom. The van der Waals surface area contributed by atoms with Crippen LogP contribution in [0.4, 0.5) is 10.1 Å². The number of hydrogen-bond acceptors (Lipinski definition) is 3. The van der Waals surface area contributed by atoms with Crippen molar-refractivity contribution in [1.29, 1.82) is 0 Å². The summed E-state index contributed by atoms with van der Waals surface area (Å²) in [6.45, 7) is 1.77. The van der Waals surface area contributed by atoms with E-state index < -0.39 is 0 Å². The van der Waals surface area contributed by atoms with Gasteiger partial charge in [0.1, 0.15) is 5.82 Å². The van der Waals surface area contributed by atoms with Gasteiger partial charge in [0.2, 0.25) is 5.91 Å². The average molecular weight is 368 g/mol. The highest BCUT2D eigenvalue weighted by molar-refractivity contribution is 5.92. The van der Waals surface area contributed by atoms with Crippen LogP contribution in [0.1, 0.15) is 18.9 Å². The fraction of sp³-hybridized carbons (Fsp3) is 0.300. The van der Waals surface area contributed by atoms with Gasteiger partial charge in [-0.15, -0.1) is 0 Å². The molecule has 2 heterocycles. The maximum atomic E-state index is 12.9. The second-order valence-electron chi connectivity index (χ2n) is 6.88. The molecule has 0 saturated carbocycles. The number of H-pyrrole nitrogens is 1. The van der Waals surface area contributed by atoms with Crippen LogP contribution in [0.25, 0.3) is 11.0 Å². The summed E-state index contributed by atoms with van der Waals surface area (Å²) in [6.07, 6.45) is 1.62. The van der Waals surface area contributed by atoms with Crippen LogP contribution < -0.4 is 11.0 Å². The second-order valence-corrected chi connectivity index (χ2v) is 6.88. The summed E-state index contributed by atoms with van der Waals surface area (Å²) in [5, 5.41) is 2.78. The Balaban J connectivity index is 1.36. The number of nitrogens with one attached hydrogen (secondary N) is 2. The molecule has 1 fully saturated rings. The molecule has 1 aromatic heterocycles. The molecule has 1 amide bonds. The van der Waals surface area contributed by atoms with Crippen molar-refractivity contribution in [3.63, 3.8) is 0 Å². The van der Waals surface area contributed by atoms with Gasteiger partial charge in [-0.2, -0.15) is 0 Å². The number of rotatable bonds is 4. The van der Waals surface area contributed by atoms with Crippen molar-refractivity contribution in [2.75, 3.05) is 25.0 Å². The minimum absolute atomic E-state index is 0.0799. The fourth-order valence-corrected chi connectivity index (χ4v) is 3.71. The first-order chi connectivity index (χ1) is 13.1. The average Bonchev–Trinajstić information content (AvgIpc) is 3.00. The Morgan fingerprint density at radius 3 is 2.56 bits per heavy atom. The van der Waals surface area contributed by atoms with Gasteiger partial charge in [-0.25, -0.2) is 9.18 Å². The number of piperidine rings is 1. The van der Waals surface area contributed by atoms with Gasteiger partial charge < -0.3 is 10.3 Å². The molecule has 140 valence electrons. The van der Waals surface area contributed by atoms with Crippen molar-refractivity contribution < 1.29 is 9.18 Å². The van der Waals surface area contributed by atoms with E-state index in [4.69, 9.17) is 0 Å². The highest BCUT2D eigenvalue weighted by atomic mass is 19.1. The molecule has 3 aromatic rings. The number of fused-ring (bicyclic) bond motifs is 1. The Labute approximate surface area is 155 Å². The minimum Gasteiger partial charge on any atom is -0.325 e. The monoisotopic (exact) mass is 368 g/mol. The highest BCUT2D eigenvalue weighted by Gasteiger charge is 2.24. The van der Waals surface area contributed by atoms with Gasteiger partial charge in [0.05, 0.1) is 17.6 Å². The number of imidazole rings is 1. The van der Waals surface area contributed by atoms with E-state index in [0.29, 0.717) is 5.69 Å². The molecule has 7 heteroatoms. The molecule has 0 radical (unpaired) electrons. The lowest BCUT2D eigenvalue weighted by Crippen LogP contribution is -2.40. The normalized spacial score (nSPS) is 15.9. The Hall–Kier alpha value is -2.93. The SMILES string of the molecule is O=C(CN1CCC(n2c(=O)[nH]c3ccccc32)CC1)Nc1ccc(F)cc1. The molecule has 0 bridgehead atoms. The van der Waals surface area contributed by atoms with Crippen molar-refractivity contribution in [1.82, 2.24) is 14.5 Å². The first-order valence-electron chi connectivity index (χ1n) is 9.07. The molecule has 2 aromatic carbocycles. The quantitative estimate of drug-likeness (QED) is 0.744. The molecule has 1 aliphatic rings. The number of anilines is 1. The summed E-state index contributed by atoms with van der Waals surface area (Å²) in [5.41, 5.74) is 2.28. The third kappa shape index (κ3) is 3.78. The maximum absolute atomic E-state index is 12.9. The molecular weight excluding hydrogens is 347 g/mol. The summed E-state index contributed by atoms with van der Waals surface area (Å²) in [4.78, 5) is 29.5. The predicted molar refractivity (Wildman–Crippen MR) is 102 cm³/mol. The molecule has 0 unspecified atom stereocenters. The van der Waals surface area contributed by atoms with E-state index in [1.54, 1.807) is 12.1 Å². The van der Waals surface area contributed by atoms with Crippen molar-refractivity contribution in [2.45, 2.75) is 18.9 Å². The van der Waals surface area contributed by atoms with E-state index in [1.807, 2.05) is 28.8 Å². The number of amides is 1. The van der Waals surface area contributed by atoms with Gasteiger partial charge >= 0.3 is 5.69 Å². The number of aromatic amines is 1. The minimum atomic E-state index is -0.331. The lowest BCUT2D eigenvalue weighted by atomic mass is 10.0. The fourth-order valence-electron chi connectivity index (χ4n) is 3.71. The van der Waals surface area contributed by atoms with Crippen LogP contribution in [-0.2, 0) is 4.79 Å². The lowest BCUT2D eigenvalue weighted by molar-refractivity contribution is -0.117. The molecule has 6 nitrogen and oxygen atoms in total. The first-order valence-corrected chi connectivity index (χ1v) is 9.07.